The van der Waals surface area contributed by atoms with Gasteiger partial charge in [-0.3, -0.25) is 4.98 Å². The van der Waals surface area contributed by atoms with Crippen molar-refractivity contribution in [3.8, 4) is 11.1 Å². The number of hydrogen-bond donors (Lipinski definition) is 1. The van der Waals surface area contributed by atoms with Crippen LogP contribution in [0.1, 0.15) is 62.4 Å². The highest BCUT2D eigenvalue weighted by molar-refractivity contribution is 5.88. The summed E-state index contributed by atoms with van der Waals surface area (Å²) in [5.41, 5.74) is 8.28. The third-order valence-corrected chi connectivity index (χ3v) is 6.42. The van der Waals surface area contributed by atoms with Gasteiger partial charge >= 0.3 is 5.97 Å². The van der Waals surface area contributed by atoms with E-state index in [2.05, 4.69) is 41.4 Å². The van der Waals surface area contributed by atoms with Gasteiger partial charge in [0.05, 0.1) is 5.56 Å². The van der Waals surface area contributed by atoms with Crippen molar-refractivity contribution < 1.29 is 9.90 Å². The molecule has 176 valence electrons. The van der Waals surface area contributed by atoms with E-state index in [1.807, 2.05) is 62.4 Å². The predicted octanol–water partition coefficient (Wildman–Crippen LogP) is 7.40. The predicted molar refractivity (Wildman–Crippen MR) is 139 cm³/mol. The van der Waals surface area contributed by atoms with Crippen molar-refractivity contribution in [2.75, 3.05) is 0 Å². The summed E-state index contributed by atoms with van der Waals surface area (Å²) in [4.78, 5) is 27.6. The topological polar surface area (TPSA) is 79.6 Å². The van der Waals surface area contributed by atoms with E-state index in [0.29, 0.717) is 6.42 Å². The Morgan fingerprint density at radius 3 is 1.94 bits per heavy atom. The number of carboxylic acid groups (broad SMARTS) is 1. The van der Waals surface area contributed by atoms with Crippen molar-refractivity contribution in [1.29, 1.82) is 0 Å². The van der Waals surface area contributed by atoms with Crippen LogP contribution in [0.4, 0.5) is 0 Å². The lowest BCUT2D eigenvalue weighted by Crippen LogP contribution is -2.09. The van der Waals surface area contributed by atoms with Gasteiger partial charge in [-0.05, 0) is 84.8 Å². The first-order valence-corrected chi connectivity index (χ1v) is 11.6. The average molecular weight is 465 g/mol. The number of nitrogens with zero attached hydrogens (tertiary/aromatic N) is 2. The van der Waals surface area contributed by atoms with E-state index < -0.39 is 12.0 Å². The monoisotopic (exact) mass is 464 g/mol. The van der Waals surface area contributed by atoms with Crippen LogP contribution in [-0.4, -0.2) is 16.1 Å². The van der Waals surface area contributed by atoms with E-state index in [-0.39, 0.29) is 11.5 Å². The van der Waals surface area contributed by atoms with Crippen molar-refractivity contribution in [2.45, 2.75) is 39.2 Å². The number of aromatic carboxylic acids is 1. The molecular formula is C30H28N2O3. The molecule has 0 saturated heterocycles. The lowest BCUT2D eigenvalue weighted by molar-refractivity contribution is 0.0697. The molecule has 4 aromatic rings. The Hall–Kier alpha value is -4.12. The highest BCUT2D eigenvalue weighted by atomic mass is 16.4. The van der Waals surface area contributed by atoms with Crippen LogP contribution in [0.2, 0.25) is 0 Å². The van der Waals surface area contributed by atoms with E-state index >= 15 is 0 Å². The Kier molecular flexibility index (Phi) is 7.16. The van der Waals surface area contributed by atoms with Crippen molar-refractivity contribution in [2.24, 2.45) is 5.18 Å². The van der Waals surface area contributed by atoms with Gasteiger partial charge in [-0.2, -0.15) is 4.91 Å². The highest BCUT2D eigenvalue weighted by Gasteiger charge is 2.24. The molecule has 0 amide bonds. The van der Waals surface area contributed by atoms with Crippen molar-refractivity contribution in [3.63, 3.8) is 0 Å². The highest BCUT2D eigenvalue weighted by Crippen LogP contribution is 2.38. The summed E-state index contributed by atoms with van der Waals surface area (Å²) >= 11 is 0. The Bertz CT molecular complexity index is 1320. The normalized spacial score (nSPS) is 12.7. The van der Waals surface area contributed by atoms with Crippen LogP contribution in [0.5, 0.6) is 0 Å². The van der Waals surface area contributed by atoms with Crippen LogP contribution in [0, 0.1) is 25.7 Å². The summed E-state index contributed by atoms with van der Waals surface area (Å²) < 4.78 is 0. The fraction of sp³-hybridized carbons (Fsp3) is 0.200. The molecule has 0 aliphatic rings. The van der Waals surface area contributed by atoms with Crippen LogP contribution >= 0.6 is 0 Å². The number of benzene rings is 3. The second-order valence-corrected chi connectivity index (χ2v) is 8.95. The number of aryl methyl sites for hydroxylation is 3. The zero-order valence-electron chi connectivity index (χ0n) is 20.1. The third kappa shape index (κ3) is 5.52. The van der Waals surface area contributed by atoms with E-state index in [0.717, 1.165) is 39.2 Å². The molecule has 0 fully saturated rings. The number of rotatable bonds is 8. The molecule has 0 aliphatic heterocycles. The molecule has 0 bridgehead atoms. The fourth-order valence-corrected chi connectivity index (χ4v) is 4.66. The molecule has 0 radical (unpaired) electrons. The molecule has 0 saturated carbocycles. The first-order valence-electron chi connectivity index (χ1n) is 11.6. The summed E-state index contributed by atoms with van der Waals surface area (Å²) in [7, 11) is 0. The van der Waals surface area contributed by atoms with Gasteiger partial charge in [0.2, 0.25) is 0 Å². The lowest BCUT2D eigenvalue weighted by atomic mass is 9.82. The number of carboxylic acids is 1. The van der Waals surface area contributed by atoms with Crippen LogP contribution in [0.3, 0.4) is 0 Å². The zero-order chi connectivity index (χ0) is 24.9. The number of nitroso groups, excluding NO2 is 1. The van der Waals surface area contributed by atoms with Crippen molar-refractivity contribution in [3.05, 3.63) is 129 Å². The first-order chi connectivity index (χ1) is 16.9. The largest absolute Gasteiger partial charge is 0.478 e. The number of carbonyl (C=O) groups is 1. The van der Waals surface area contributed by atoms with Gasteiger partial charge in [-0.1, -0.05) is 65.8 Å². The standard InChI is InChI=1S/C30H28N2O3/c1-19-6-4-5-7-27(19)28(18-29(32-35)26-16-20(2)31-21(3)17-26)24-12-8-22(9-13-24)23-10-14-25(15-11-23)30(33)34/h4-17,28-29H,18H2,1-3H3,(H,33,34)/t28-,29?/m1/s1. The van der Waals surface area contributed by atoms with Gasteiger partial charge in [-0.25, -0.2) is 4.79 Å². The third-order valence-electron chi connectivity index (χ3n) is 6.42. The molecule has 2 atom stereocenters. The van der Waals surface area contributed by atoms with Gasteiger partial charge in [0.1, 0.15) is 6.04 Å². The van der Waals surface area contributed by atoms with Crippen molar-refractivity contribution >= 4 is 5.97 Å². The molecule has 1 heterocycles. The molecule has 0 aliphatic carbocycles. The molecule has 3 aromatic carbocycles. The SMILES string of the molecule is Cc1cc(C(C[C@H](c2ccc(-c3ccc(C(=O)O)cc3)cc2)c2ccccc2C)N=O)cc(C)n1. The second-order valence-electron chi connectivity index (χ2n) is 8.95. The van der Waals surface area contributed by atoms with Crippen LogP contribution in [0.15, 0.2) is 90.1 Å². The zero-order valence-corrected chi connectivity index (χ0v) is 20.1. The Labute approximate surface area is 205 Å². The summed E-state index contributed by atoms with van der Waals surface area (Å²) in [6.45, 7) is 5.95. The van der Waals surface area contributed by atoms with Gasteiger partial charge in [0.15, 0.2) is 0 Å². The Morgan fingerprint density at radius 2 is 1.40 bits per heavy atom. The molecule has 0 spiro atoms. The van der Waals surface area contributed by atoms with E-state index in [1.54, 1.807) is 12.1 Å². The summed E-state index contributed by atoms with van der Waals surface area (Å²) in [6.07, 6.45) is 0.546. The van der Waals surface area contributed by atoms with E-state index in [1.165, 1.54) is 5.56 Å². The van der Waals surface area contributed by atoms with Crippen LogP contribution in [-0.2, 0) is 0 Å². The van der Waals surface area contributed by atoms with Crippen LogP contribution < -0.4 is 0 Å². The average Bonchev–Trinajstić information content (AvgIpc) is 2.85. The minimum atomic E-state index is -0.939. The van der Waals surface area contributed by atoms with Gasteiger partial charge in [0, 0.05) is 17.3 Å². The number of hydrogen-bond acceptors (Lipinski definition) is 4. The minimum Gasteiger partial charge on any atom is -0.478 e. The fourth-order valence-electron chi connectivity index (χ4n) is 4.66. The van der Waals surface area contributed by atoms with E-state index in [4.69, 9.17) is 5.11 Å². The maximum Gasteiger partial charge on any atom is 0.335 e. The molecular weight excluding hydrogens is 436 g/mol. The summed E-state index contributed by atoms with van der Waals surface area (Å²) in [5, 5.41) is 12.7. The Morgan fingerprint density at radius 1 is 0.829 bits per heavy atom. The van der Waals surface area contributed by atoms with Gasteiger partial charge in [-0.15, -0.1) is 0 Å². The molecule has 4 rings (SSSR count). The molecule has 1 N–H and O–H groups in total. The Balaban J connectivity index is 1.69. The molecule has 35 heavy (non-hydrogen) atoms. The van der Waals surface area contributed by atoms with E-state index in [9.17, 15) is 9.70 Å². The molecule has 5 heteroatoms. The molecule has 1 aromatic heterocycles. The first kappa shape index (κ1) is 24.0. The quantitative estimate of drug-likeness (QED) is 0.276. The second kappa shape index (κ2) is 10.4. The molecule has 5 nitrogen and oxygen atoms in total. The van der Waals surface area contributed by atoms with Gasteiger partial charge in [0.25, 0.3) is 0 Å². The minimum absolute atomic E-state index is 0.0175. The van der Waals surface area contributed by atoms with Crippen molar-refractivity contribution in [1.82, 2.24) is 4.98 Å². The van der Waals surface area contributed by atoms with Crippen LogP contribution in [0.25, 0.3) is 11.1 Å². The lowest BCUT2D eigenvalue weighted by Gasteiger charge is -2.23. The smallest absolute Gasteiger partial charge is 0.335 e. The maximum atomic E-state index is 12.0. The summed E-state index contributed by atoms with van der Waals surface area (Å²) in [5.74, 6) is -0.956. The molecule has 1 unspecified atom stereocenters. The number of pyridine rings is 1. The maximum absolute atomic E-state index is 12.0. The summed E-state index contributed by atoms with van der Waals surface area (Å²) in [6, 6.07) is 26.7. The number of aromatic nitrogens is 1. The van der Waals surface area contributed by atoms with Gasteiger partial charge < -0.3 is 5.11 Å².